The van der Waals surface area contributed by atoms with E-state index in [1.807, 2.05) is 26.8 Å². The smallest absolute Gasteiger partial charge is 0.255 e. The number of amides is 1. The maximum absolute atomic E-state index is 14.6. The van der Waals surface area contributed by atoms with Crippen LogP contribution in [0.2, 0.25) is 0 Å². The minimum absolute atomic E-state index is 0.102. The Bertz CT molecular complexity index is 964. The summed E-state index contributed by atoms with van der Waals surface area (Å²) in [6.07, 6.45) is 4.76. The Morgan fingerprint density at radius 3 is 2.55 bits per heavy atom. The summed E-state index contributed by atoms with van der Waals surface area (Å²) >= 11 is 0. The largest absolute Gasteiger partial charge is 0.475 e. The quantitative estimate of drug-likeness (QED) is 0.608. The molecule has 1 atom stereocenters. The molecule has 0 saturated heterocycles. The van der Waals surface area contributed by atoms with E-state index in [0.717, 1.165) is 5.56 Å². The fraction of sp³-hybridized carbons (Fsp3) is 0.273. The standard InChI is InChI=1S/C22H23FN4O2/c1-4-27(16(3)14-29-19-10-9-15(2)13-26-19)22(28)17-7-5-8-18(23)20(17)21-24-11-6-12-25-21/h5-13,16H,4,14H2,1-3H3/t16-/m0/s1. The van der Waals surface area contributed by atoms with Crippen LogP contribution in [0.1, 0.15) is 29.8 Å². The third-order valence-corrected chi connectivity index (χ3v) is 4.52. The molecule has 1 aromatic carbocycles. The molecule has 0 radical (unpaired) electrons. The summed E-state index contributed by atoms with van der Waals surface area (Å²) in [5, 5.41) is 0. The van der Waals surface area contributed by atoms with E-state index in [9.17, 15) is 9.18 Å². The Labute approximate surface area is 169 Å². The van der Waals surface area contributed by atoms with Gasteiger partial charge >= 0.3 is 0 Å². The molecule has 2 heterocycles. The van der Waals surface area contributed by atoms with Crippen LogP contribution in [0.15, 0.2) is 55.0 Å². The van der Waals surface area contributed by atoms with Gasteiger partial charge in [-0.15, -0.1) is 0 Å². The minimum Gasteiger partial charge on any atom is -0.475 e. The average molecular weight is 394 g/mol. The van der Waals surface area contributed by atoms with E-state index in [2.05, 4.69) is 15.0 Å². The zero-order valence-corrected chi connectivity index (χ0v) is 16.7. The highest BCUT2D eigenvalue weighted by atomic mass is 19.1. The number of hydrogen-bond donors (Lipinski definition) is 0. The monoisotopic (exact) mass is 394 g/mol. The van der Waals surface area contributed by atoms with Gasteiger partial charge < -0.3 is 9.64 Å². The first kappa shape index (κ1) is 20.4. The van der Waals surface area contributed by atoms with Crippen LogP contribution in [0.3, 0.4) is 0 Å². The molecule has 0 aliphatic carbocycles. The van der Waals surface area contributed by atoms with Gasteiger partial charge in [-0.3, -0.25) is 4.79 Å². The van der Waals surface area contributed by atoms with Crippen LogP contribution in [-0.2, 0) is 0 Å². The molecule has 0 spiro atoms. The van der Waals surface area contributed by atoms with Crippen LogP contribution < -0.4 is 4.74 Å². The molecular formula is C22H23FN4O2. The Hall–Kier alpha value is -3.35. The first-order chi connectivity index (χ1) is 14.0. The van der Waals surface area contributed by atoms with Crippen molar-refractivity contribution in [1.29, 1.82) is 0 Å². The molecule has 7 heteroatoms. The molecule has 0 N–H and O–H groups in total. The maximum atomic E-state index is 14.6. The molecule has 0 fully saturated rings. The van der Waals surface area contributed by atoms with Gasteiger partial charge in [0.15, 0.2) is 5.82 Å². The van der Waals surface area contributed by atoms with Crippen LogP contribution in [0.4, 0.5) is 4.39 Å². The summed E-state index contributed by atoms with van der Waals surface area (Å²) in [5.74, 6) is -0.166. The Morgan fingerprint density at radius 1 is 1.14 bits per heavy atom. The van der Waals surface area contributed by atoms with Crippen molar-refractivity contribution in [2.45, 2.75) is 26.8 Å². The molecule has 0 saturated carbocycles. The third kappa shape index (κ3) is 4.74. The van der Waals surface area contributed by atoms with Gasteiger partial charge in [0.1, 0.15) is 12.4 Å². The van der Waals surface area contributed by atoms with E-state index < -0.39 is 5.82 Å². The van der Waals surface area contributed by atoms with Crippen molar-refractivity contribution < 1.29 is 13.9 Å². The Morgan fingerprint density at radius 2 is 1.90 bits per heavy atom. The van der Waals surface area contributed by atoms with E-state index in [-0.39, 0.29) is 35.5 Å². The lowest BCUT2D eigenvalue weighted by Crippen LogP contribution is -2.42. The second-order valence-corrected chi connectivity index (χ2v) is 6.66. The van der Waals surface area contributed by atoms with Crippen molar-refractivity contribution in [1.82, 2.24) is 19.9 Å². The molecule has 1 amide bonds. The maximum Gasteiger partial charge on any atom is 0.255 e. The van der Waals surface area contributed by atoms with Gasteiger partial charge in [-0.25, -0.2) is 19.3 Å². The second kappa shape index (κ2) is 9.23. The Balaban J connectivity index is 1.82. The number of benzene rings is 1. The van der Waals surface area contributed by atoms with Crippen LogP contribution in [-0.4, -0.2) is 45.0 Å². The SMILES string of the molecule is CCN(C(=O)c1cccc(F)c1-c1ncccn1)[C@@H](C)COc1ccc(C)cn1. The summed E-state index contributed by atoms with van der Waals surface area (Å²) in [7, 11) is 0. The number of likely N-dealkylation sites (N-methyl/N-ethyl adjacent to an activating group) is 1. The molecule has 0 bridgehead atoms. The minimum atomic E-state index is -0.536. The van der Waals surface area contributed by atoms with Crippen molar-refractivity contribution in [2.24, 2.45) is 0 Å². The van der Waals surface area contributed by atoms with Gasteiger partial charge in [-0.1, -0.05) is 12.1 Å². The van der Waals surface area contributed by atoms with Gasteiger partial charge in [-0.2, -0.15) is 0 Å². The highest BCUT2D eigenvalue weighted by Gasteiger charge is 2.25. The number of rotatable bonds is 7. The molecule has 0 aliphatic heterocycles. The summed E-state index contributed by atoms with van der Waals surface area (Å²) in [6, 6.07) is 9.50. The highest BCUT2D eigenvalue weighted by Crippen LogP contribution is 2.25. The van der Waals surface area contributed by atoms with Crippen molar-refractivity contribution in [3.8, 4) is 17.3 Å². The zero-order chi connectivity index (χ0) is 20.8. The predicted molar refractivity (Wildman–Crippen MR) is 108 cm³/mol. The highest BCUT2D eigenvalue weighted by molar-refractivity contribution is 6.00. The van der Waals surface area contributed by atoms with Crippen molar-refractivity contribution in [2.75, 3.05) is 13.2 Å². The Kier molecular flexibility index (Phi) is 6.49. The van der Waals surface area contributed by atoms with Crippen molar-refractivity contribution >= 4 is 5.91 Å². The fourth-order valence-corrected chi connectivity index (χ4v) is 3.00. The zero-order valence-electron chi connectivity index (χ0n) is 16.7. The van der Waals surface area contributed by atoms with E-state index >= 15 is 0 Å². The molecule has 6 nitrogen and oxygen atoms in total. The molecule has 29 heavy (non-hydrogen) atoms. The average Bonchev–Trinajstić information content (AvgIpc) is 2.74. The number of pyridine rings is 1. The lowest BCUT2D eigenvalue weighted by atomic mass is 10.0. The molecule has 3 rings (SSSR count). The van der Waals surface area contributed by atoms with Crippen LogP contribution in [0.5, 0.6) is 5.88 Å². The summed E-state index contributed by atoms with van der Waals surface area (Å²) < 4.78 is 20.3. The molecule has 0 aliphatic rings. The van der Waals surface area contributed by atoms with E-state index in [4.69, 9.17) is 4.74 Å². The second-order valence-electron chi connectivity index (χ2n) is 6.66. The topological polar surface area (TPSA) is 68.2 Å². The fourth-order valence-electron chi connectivity index (χ4n) is 3.00. The number of carbonyl (C=O) groups is 1. The molecule has 0 unspecified atom stereocenters. The number of aromatic nitrogens is 3. The number of halogens is 1. The van der Waals surface area contributed by atoms with E-state index in [0.29, 0.717) is 12.4 Å². The van der Waals surface area contributed by atoms with E-state index in [1.165, 1.54) is 24.5 Å². The first-order valence-electron chi connectivity index (χ1n) is 9.43. The molecule has 150 valence electrons. The number of hydrogen-bond acceptors (Lipinski definition) is 5. The normalized spacial score (nSPS) is 11.7. The van der Waals surface area contributed by atoms with Gasteiger partial charge in [0.25, 0.3) is 5.91 Å². The molecule has 2 aromatic heterocycles. The summed E-state index contributed by atoms with van der Waals surface area (Å²) in [5.41, 5.74) is 1.36. The molecular weight excluding hydrogens is 371 g/mol. The third-order valence-electron chi connectivity index (χ3n) is 4.52. The number of aryl methyl sites for hydroxylation is 1. The molecule has 3 aromatic rings. The van der Waals surface area contributed by atoms with Crippen LogP contribution in [0.25, 0.3) is 11.4 Å². The summed E-state index contributed by atoms with van der Waals surface area (Å²) in [6.45, 7) is 6.41. The lowest BCUT2D eigenvalue weighted by Gasteiger charge is -2.28. The van der Waals surface area contributed by atoms with Crippen LogP contribution >= 0.6 is 0 Å². The van der Waals surface area contributed by atoms with Gasteiger partial charge in [-0.05, 0) is 44.5 Å². The number of nitrogens with zero attached hydrogens (tertiary/aromatic N) is 4. The van der Waals surface area contributed by atoms with Crippen molar-refractivity contribution in [3.63, 3.8) is 0 Å². The van der Waals surface area contributed by atoms with Gasteiger partial charge in [0.05, 0.1) is 17.2 Å². The van der Waals surface area contributed by atoms with E-state index in [1.54, 1.807) is 29.3 Å². The number of carbonyl (C=O) groups excluding carboxylic acids is 1. The summed E-state index contributed by atoms with van der Waals surface area (Å²) in [4.78, 5) is 27.3. The predicted octanol–water partition coefficient (Wildman–Crippen LogP) is 3.92. The first-order valence-corrected chi connectivity index (χ1v) is 9.43. The number of ether oxygens (including phenoxy) is 1. The van der Waals surface area contributed by atoms with Crippen LogP contribution in [0, 0.1) is 12.7 Å². The van der Waals surface area contributed by atoms with Gasteiger partial charge in [0, 0.05) is 31.2 Å². The van der Waals surface area contributed by atoms with Crippen molar-refractivity contribution in [3.05, 3.63) is 71.9 Å². The lowest BCUT2D eigenvalue weighted by molar-refractivity contribution is 0.0646. The van der Waals surface area contributed by atoms with Gasteiger partial charge in [0.2, 0.25) is 5.88 Å².